The largest absolute Gasteiger partial charge is 0.368 e. The number of hydrogen-bond acceptors (Lipinski definition) is 4. The van der Waals surface area contributed by atoms with Gasteiger partial charge in [0.25, 0.3) is 0 Å². The monoisotopic (exact) mass is 383 g/mol. The van der Waals surface area contributed by atoms with Crippen molar-refractivity contribution in [3.8, 4) is 11.3 Å². The number of aromatic nitrogens is 2. The molecule has 1 aromatic carbocycles. The first kappa shape index (κ1) is 19.9. The van der Waals surface area contributed by atoms with Crippen molar-refractivity contribution in [1.82, 2.24) is 25.1 Å². The number of aliphatic imine (C=N–C) groups is 1. The minimum absolute atomic E-state index is 0.296. The Morgan fingerprint density at radius 2 is 1.93 bits per heavy atom. The highest BCUT2D eigenvalue weighted by molar-refractivity contribution is 5.84. The van der Waals surface area contributed by atoms with Gasteiger partial charge >= 0.3 is 0 Å². The van der Waals surface area contributed by atoms with Gasteiger partial charge in [-0.15, -0.1) is 0 Å². The molecule has 0 atom stereocenters. The second kappa shape index (κ2) is 8.43. The predicted octanol–water partition coefficient (Wildman–Crippen LogP) is 1.03. The molecule has 1 amide bonds. The van der Waals surface area contributed by atoms with Gasteiger partial charge in [-0.3, -0.25) is 14.7 Å². The van der Waals surface area contributed by atoms with Crippen molar-refractivity contribution in [2.24, 2.45) is 10.7 Å². The van der Waals surface area contributed by atoms with Gasteiger partial charge < -0.3 is 20.9 Å². The Bertz CT molecular complexity index is 820. The van der Waals surface area contributed by atoms with E-state index in [-0.39, 0.29) is 5.91 Å². The third-order valence-corrected chi connectivity index (χ3v) is 5.31. The molecule has 4 N–H and O–H groups in total. The number of carbonyl (C=O) groups is 1. The van der Waals surface area contributed by atoms with Crippen molar-refractivity contribution in [1.29, 1.82) is 0 Å². The highest BCUT2D eigenvalue weighted by atomic mass is 16.1. The second-order valence-corrected chi connectivity index (χ2v) is 7.41. The lowest BCUT2D eigenvalue weighted by Crippen LogP contribution is -2.61. The molecule has 1 fully saturated rings. The van der Waals surface area contributed by atoms with Crippen LogP contribution in [0, 0.1) is 0 Å². The van der Waals surface area contributed by atoms with Gasteiger partial charge in [-0.2, -0.15) is 0 Å². The number of imidazole rings is 1. The average molecular weight is 384 g/mol. The van der Waals surface area contributed by atoms with Crippen LogP contribution in [0.1, 0.15) is 19.7 Å². The number of primary amides is 1. The van der Waals surface area contributed by atoms with E-state index in [0.29, 0.717) is 6.54 Å². The van der Waals surface area contributed by atoms with Gasteiger partial charge in [-0.1, -0.05) is 30.3 Å². The normalized spacial score (nSPS) is 16.2. The van der Waals surface area contributed by atoms with Crippen LogP contribution in [-0.4, -0.2) is 70.4 Å². The van der Waals surface area contributed by atoms with Crippen LogP contribution < -0.4 is 11.1 Å². The van der Waals surface area contributed by atoms with Crippen LogP contribution in [0.25, 0.3) is 11.3 Å². The van der Waals surface area contributed by atoms with E-state index < -0.39 is 5.54 Å². The van der Waals surface area contributed by atoms with Gasteiger partial charge in [0.2, 0.25) is 5.91 Å². The maximum absolute atomic E-state index is 11.7. The van der Waals surface area contributed by atoms with Crippen LogP contribution >= 0.6 is 0 Å². The summed E-state index contributed by atoms with van der Waals surface area (Å²) in [4.78, 5) is 28.2. The number of carbonyl (C=O) groups excluding carboxylic acids is 1. The average Bonchev–Trinajstić information content (AvgIpc) is 3.18. The molecule has 28 heavy (non-hydrogen) atoms. The van der Waals surface area contributed by atoms with Gasteiger partial charge in [0.1, 0.15) is 5.82 Å². The zero-order valence-corrected chi connectivity index (χ0v) is 16.8. The highest BCUT2D eigenvalue weighted by Gasteiger charge is 2.35. The number of aromatic amines is 1. The SMILES string of the molecule is CN=C(NCc1ncc(-c2ccccc2)[nH]1)N1CCN(C(C)(C)C(N)=O)CC1. The maximum Gasteiger partial charge on any atom is 0.237 e. The number of H-pyrrole nitrogens is 1. The van der Waals surface area contributed by atoms with E-state index in [2.05, 4.69) is 42.2 Å². The molecular weight excluding hydrogens is 354 g/mol. The van der Waals surface area contributed by atoms with Gasteiger partial charge in [-0.05, 0) is 19.4 Å². The summed E-state index contributed by atoms with van der Waals surface area (Å²) in [6.45, 7) is 7.39. The smallest absolute Gasteiger partial charge is 0.237 e. The van der Waals surface area contributed by atoms with Crippen LogP contribution in [0.2, 0.25) is 0 Å². The fourth-order valence-electron chi connectivity index (χ4n) is 3.34. The summed E-state index contributed by atoms with van der Waals surface area (Å²) in [6, 6.07) is 10.1. The Labute approximate surface area is 165 Å². The van der Waals surface area contributed by atoms with Crippen LogP contribution in [-0.2, 0) is 11.3 Å². The summed E-state index contributed by atoms with van der Waals surface area (Å²) >= 11 is 0. The Balaban J connectivity index is 1.55. The molecule has 1 aliphatic rings. The van der Waals surface area contributed by atoms with Crippen molar-refractivity contribution in [2.45, 2.75) is 25.9 Å². The standard InChI is InChI=1S/C20H29N7O/c1-20(2,18(21)28)27-11-9-26(10-12-27)19(22-3)24-14-17-23-13-16(25-17)15-7-5-4-6-8-15/h4-8,13H,9-12,14H2,1-3H3,(H2,21,28)(H,22,24)(H,23,25). The number of piperazine rings is 1. The van der Waals surface area contributed by atoms with Gasteiger partial charge in [0, 0.05) is 33.2 Å². The summed E-state index contributed by atoms with van der Waals surface area (Å²) in [6.07, 6.45) is 1.85. The number of rotatable bonds is 5. The number of nitrogens with one attached hydrogen (secondary N) is 2. The number of amides is 1. The number of hydrogen-bond donors (Lipinski definition) is 3. The van der Waals surface area contributed by atoms with E-state index in [0.717, 1.165) is 49.2 Å². The van der Waals surface area contributed by atoms with E-state index in [1.807, 2.05) is 38.2 Å². The number of nitrogens with zero attached hydrogens (tertiary/aromatic N) is 4. The van der Waals surface area contributed by atoms with E-state index in [1.54, 1.807) is 7.05 Å². The first-order valence-corrected chi connectivity index (χ1v) is 9.51. The molecule has 2 aromatic rings. The lowest BCUT2D eigenvalue weighted by atomic mass is 10.0. The van der Waals surface area contributed by atoms with Crippen LogP contribution in [0.5, 0.6) is 0 Å². The molecule has 0 aliphatic carbocycles. The minimum atomic E-state index is -0.634. The fraction of sp³-hybridized carbons (Fsp3) is 0.450. The lowest BCUT2D eigenvalue weighted by Gasteiger charge is -2.43. The molecule has 0 unspecified atom stereocenters. The summed E-state index contributed by atoms with van der Waals surface area (Å²) in [5, 5.41) is 3.37. The minimum Gasteiger partial charge on any atom is -0.368 e. The third-order valence-electron chi connectivity index (χ3n) is 5.31. The maximum atomic E-state index is 11.7. The molecule has 150 valence electrons. The van der Waals surface area contributed by atoms with Crippen LogP contribution in [0.4, 0.5) is 0 Å². The Kier molecular flexibility index (Phi) is 5.99. The zero-order valence-electron chi connectivity index (χ0n) is 16.8. The van der Waals surface area contributed by atoms with E-state index in [9.17, 15) is 4.79 Å². The Morgan fingerprint density at radius 3 is 2.54 bits per heavy atom. The molecule has 1 aliphatic heterocycles. The van der Waals surface area contributed by atoms with Crippen molar-refractivity contribution in [3.05, 3.63) is 42.4 Å². The topological polar surface area (TPSA) is 103 Å². The zero-order chi connectivity index (χ0) is 20.1. The number of benzene rings is 1. The molecule has 0 bridgehead atoms. The summed E-state index contributed by atoms with van der Waals surface area (Å²) in [5.74, 6) is 1.39. The quantitative estimate of drug-likeness (QED) is 0.529. The molecule has 0 radical (unpaired) electrons. The van der Waals surface area contributed by atoms with E-state index in [4.69, 9.17) is 5.73 Å². The van der Waals surface area contributed by atoms with Crippen LogP contribution in [0.3, 0.4) is 0 Å². The summed E-state index contributed by atoms with van der Waals surface area (Å²) in [5.41, 5.74) is 7.01. The molecular formula is C20H29N7O. The number of nitrogens with two attached hydrogens (primary N) is 1. The van der Waals surface area contributed by atoms with E-state index in [1.165, 1.54) is 0 Å². The molecule has 3 rings (SSSR count). The second-order valence-electron chi connectivity index (χ2n) is 7.41. The van der Waals surface area contributed by atoms with Crippen molar-refractivity contribution in [2.75, 3.05) is 33.2 Å². The molecule has 0 spiro atoms. The Hall–Kier alpha value is -2.87. The van der Waals surface area contributed by atoms with Gasteiger partial charge in [-0.25, -0.2) is 4.98 Å². The van der Waals surface area contributed by atoms with Crippen molar-refractivity contribution in [3.63, 3.8) is 0 Å². The number of guanidine groups is 1. The first-order chi connectivity index (χ1) is 13.4. The summed E-state index contributed by atoms with van der Waals surface area (Å²) < 4.78 is 0. The Morgan fingerprint density at radius 1 is 1.25 bits per heavy atom. The van der Waals surface area contributed by atoms with Gasteiger partial charge in [0.05, 0.1) is 24.0 Å². The molecule has 2 heterocycles. The molecule has 8 nitrogen and oxygen atoms in total. The molecule has 1 saturated heterocycles. The molecule has 1 aromatic heterocycles. The highest BCUT2D eigenvalue weighted by Crippen LogP contribution is 2.17. The lowest BCUT2D eigenvalue weighted by molar-refractivity contribution is -0.129. The summed E-state index contributed by atoms with van der Waals surface area (Å²) in [7, 11) is 1.78. The molecule has 8 heteroatoms. The van der Waals surface area contributed by atoms with Crippen molar-refractivity contribution < 1.29 is 4.79 Å². The molecule has 0 saturated carbocycles. The van der Waals surface area contributed by atoms with Crippen LogP contribution in [0.15, 0.2) is 41.5 Å². The van der Waals surface area contributed by atoms with Gasteiger partial charge in [0.15, 0.2) is 5.96 Å². The fourth-order valence-corrected chi connectivity index (χ4v) is 3.34. The van der Waals surface area contributed by atoms with E-state index >= 15 is 0 Å². The van der Waals surface area contributed by atoms with Crippen molar-refractivity contribution >= 4 is 11.9 Å². The predicted molar refractivity (Wildman–Crippen MR) is 111 cm³/mol. The first-order valence-electron chi connectivity index (χ1n) is 9.51. The third kappa shape index (κ3) is 4.33.